The van der Waals surface area contributed by atoms with Gasteiger partial charge in [-0.15, -0.1) is 0 Å². The molecule has 0 bridgehead atoms. The van der Waals surface area contributed by atoms with Crippen LogP contribution >= 0.6 is 0 Å². The highest BCUT2D eigenvalue weighted by molar-refractivity contribution is 4.79. The van der Waals surface area contributed by atoms with Crippen molar-refractivity contribution in [3.63, 3.8) is 0 Å². The van der Waals surface area contributed by atoms with Crippen molar-refractivity contribution in [1.82, 2.24) is 0 Å². The topological polar surface area (TPSA) is 51.7 Å². The molecule has 0 amide bonds. The van der Waals surface area contributed by atoms with Gasteiger partial charge in [-0.05, 0) is 30.6 Å². The highest BCUT2D eigenvalue weighted by Gasteiger charge is 2.28. The SMILES string of the molecule is CC1CCC(C(C)C)C(O)C1.O. The molecule has 3 N–H and O–H groups in total. The maximum atomic E-state index is 9.71. The first-order chi connectivity index (χ1) is 5.11. The van der Waals surface area contributed by atoms with Gasteiger partial charge in [0.15, 0.2) is 0 Å². The van der Waals surface area contributed by atoms with Crippen LogP contribution in [0.5, 0.6) is 0 Å². The molecule has 0 aromatic carbocycles. The van der Waals surface area contributed by atoms with Gasteiger partial charge in [-0.25, -0.2) is 0 Å². The summed E-state index contributed by atoms with van der Waals surface area (Å²) >= 11 is 0. The molecule has 0 radical (unpaired) electrons. The molecule has 1 aliphatic rings. The van der Waals surface area contributed by atoms with Gasteiger partial charge in [-0.3, -0.25) is 0 Å². The Morgan fingerprint density at radius 3 is 2.25 bits per heavy atom. The second kappa shape index (κ2) is 4.83. The molecule has 12 heavy (non-hydrogen) atoms. The summed E-state index contributed by atoms with van der Waals surface area (Å²) in [6, 6.07) is 0. The van der Waals surface area contributed by atoms with Crippen molar-refractivity contribution in [3.05, 3.63) is 0 Å². The summed E-state index contributed by atoms with van der Waals surface area (Å²) < 4.78 is 0. The molecule has 0 heterocycles. The number of aliphatic hydroxyl groups excluding tert-OH is 1. The van der Waals surface area contributed by atoms with E-state index in [4.69, 9.17) is 0 Å². The van der Waals surface area contributed by atoms with E-state index in [0.29, 0.717) is 11.8 Å². The zero-order valence-corrected chi connectivity index (χ0v) is 8.38. The summed E-state index contributed by atoms with van der Waals surface area (Å²) in [7, 11) is 0. The van der Waals surface area contributed by atoms with E-state index in [1.165, 1.54) is 12.8 Å². The van der Waals surface area contributed by atoms with Crippen LogP contribution in [0, 0.1) is 17.8 Å². The Kier molecular flexibility index (Phi) is 4.80. The van der Waals surface area contributed by atoms with Crippen molar-refractivity contribution >= 4 is 0 Å². The van der Waals surface area contributed by atoms with E-state index in [1.807, 2.05) is 0 Å². The van der Waals surface area contributed by atoms with Gasteiger partial charge < -0.3 is 10.6 Å². The van der Waals surface area contributed by atoms with E-state index in [2.05, 4.69) is 20.8 Å². The minimum absolute atomic E-state index is 0. The van der Waals surface area contributed by atoms with Gasteiger partial charge in [-0.2, -0.15) is 0 Å². The molecule has 1 saturated carbocycles. The van der Waals surface area contributed by atoms with Crippen molar-refractivity contribution in [2.45, 2.75) is 46.1 Å². The monoisotopic (exact) mass is 174 g/mol. The molecule has 2 nitrogen and oxygen atoms in total. The molecule has 0 saturated heterocycles. The first-order valence-electron chi connectivity index (χ1n) is 4.79. The van der Waals surface area contributed by atoms with Crippen molar-refractivity contribution in [2.24, 2.45) is 17.8 Å². The third kappa shape index (κ3) is 2.76. The van der Waals surface area contributed by atoms with Crippen LogP contribution in [0.1, 0.15) is 40.0 Å². The van der Waals surface area contributed by atoms with Gasteiger partial charge in [0.1, 0.15) is 0 Å². The molecule has 0 aromatic heterocycles. The lowest BCUT2D eigenvalue weighted by molar-refractivity contribution is 0.0266. The van der Waals surface area contributed by atoms with Gasteiger partial charge in [0.2, 0.25) is 0 Å². The summed E-state index contributed by atoms with van der Waals surface area (Å²) in [5, 5.41) is 9.71. The third-order valence-corrected chi connectivity index (χ3v) is 2.99. The van der Waals surface area contributed by atoms with Crippen LogP contribution in [0.3, 0.4) is 0 Å². The molecule has 0 spiro atoms. The molecule has 2 heteroatoms. The number of hydrogen-bond acceptors (Lipinski definition) is 1. The fraction of sp³-hybridized carbons (Fsp3) is 1.00. The van der Waals surface area contributed by atoms with Crippen LogP contribution in [-0.4, -0.2) is 16.7 Å². The lowest BCUT2D eigenvalue weighted by atomic mass is 9.75. The molecule has 0 aromatic rings. The second-order valence-corrected chi connectivity index (χ2v) is 4.39. The van der Waals surface area contributed by atoms with Crippen LogP contribution < -0.4 is 0 Å². The minimum atomic E-state index is -0.0289. The Morgan fingerprint density at radius 2 is 1.83 bits per heavy atom. The van der Waals surface area contributed by atoms with Gasteiger partial charge in [0, 0.05) is 0 Å². The Labute approximate surface area is 75.3 Å². The molecule has 0 aliphatic heterocycles. The predicted octanol–water partition coefficient (Wildman–Crippen LogP) is 1.61. The largest absolute Gasteiger partial charge is 0.412 e. The summed E-state index contributed by atoms with van der Waals surface area (Å²) in [5.41, 5.74) is 0. The zero-order valence-electron chi connectivity index (χ0n) is 8.38. The van der Waals surface area contributed by atoms with Crippen LogP contribution in [-0.2, 0) is 0 Å². The fourth-order valence-corrected chi connectivity index (χ4v) is 2.15. The Bertz CT molecular complexity index is 123. The van der Waals surface area contributed by atoms with Crippen molar-refractivity contribution < 1.29 is 10.6 Å². The quantitative estimate of drug-likeness (QED) is 0.645. The predicted molar refractivity (Wildman–Crippen MR) is 51.0 cm³/mol. The summed E-state index contributed by atoms with van der Waals surface area (Å²) in [6.07, 6.45) is 3.52. The number of hydrogen-bond donors (Lipinski definition) is 1. The van der Waals surface area contributed by atoms with Crippen LogP contribution in [0.4, 0.5) is 0 Å². The summed E-state index contributed by atoms with van der Waals surface area (Å²) in [5.74, 6) is 1.95. The second-order valence-electron chi connectivity index (χ2n) is 4.39. The first-order valence-corrected chi connectivity index (χ1v) is 4.79. The standard InChI is InChI=1S/C10H20O.H2O/c1-7(2)9-5-4-8(3)6-10(9)11;/h7-11H,4-6H2,1-3H3;1H2. The van der Waals surface area contributed by atoms with E-state index in [1.54, 1.807) is 0 Å². The molecule has 74 valence electrons. The molecule has 1 aliphatic carbocycles. The smallest absolute Gasteiger partial charge is 0.0573 e. The normalized spacial score (nSPS) is 36.2. The zero-order chi connectivity index (χ0) is 8.43. The van der Waals surface area contributed by atoms with Crippen molar-refractivity contribution in [1.29, 1.82) is 0 Å². The number of rotatable bonds is 1. The Morgan fingerprint density at radius 1 is 1.25 bits per heavy atom. The maximum Gasteiger partial charge on any atom is 0.0573 e. The van der Waals surface area contributed by atoms with E-state index >= 15 is 0 Å². The molecule has 1 fully saturated rings. The highest BCUT2D eigenvalue weighted by Crippen LogP contribution is 2.33. The lowest BCUT2D eigenvalue weighted by Gasteiger charge is -2.33. The Hall–Kier alpha value is -0.0800. The number of aliphatic hydroxyl groups is 1. The van der Waals surface area contributed by atoms with E-state index in [0.717, 1.165) is 12.3 Å². The van der Waals surface area contributed by atoms with Crippen molar-refractivity contribution in [2.75, 3.05) is 0 Å². The third-order valence-electron chi connectivity index (χ3n) is 2.99. The highest BCUT2D eigenvalue weighted by atomic mass is 16.3. The molecule has 3 atom stereocenters. The Balaban J connectivity index is 0.00000121. The van der Waals surface area contributed by atoms with Gasteiger partial charge >= 0.3 is 0 Å². The minimum Gasteiger partial charge on any atom is -0.412 e. The summed E-state index contributed by atoms with van der Waals surface area (Å²) in [6.45, 7) is 6.66. The van der Waals surface area contributed by atoms with Gasteiger partial charge in [0.05, 0.1) is 6.10 Å². The van der Waals surface area contributed by atoms with Crippen LogP contribution in [0.2, 0.25) is 0 Å². The van der Waals surface area contributed by atoms with Crippen LogP contribution in [0.25, 0.3) is 0 Å². The van der Waals surface area contributed by atoms with Gasteiger partial charge in [0.25, 0.3) is 0 Å². The molecule has 3 unspecified atom stereocenters. The fourth-order valence-electron chi connectivity index (χ4n) is 2.15. The average Bonchev–Trinajstić information content (AvgIpc) is 1.85. The summed E-state index contributed by atoms with van der Waals surface area (Å²) in [4.78, 5) is 0. The molecular formula is C10H22O2. The average molecular weight is 174 g/mol. The van der Waals surface area contributed by atoms with E-state index in [-0.39, 0.29) is 11.6 Å². The first kappa shape index (κ1) is 11.9. The lowest BCUT2D eigenvalue weighted by Crippen LogP contribution is -2.31. The van der Waals surface area contributed by atoms with E-state index < -0.39 is 0 Å². The van der Waals surface area contributed by atoms with Crippen LogP contribution in [0.15, 0.2) is 0 Å². The molecule has 1 rings (SSSR count). The van der Waals surface area contributed by atoms with Gasteiger partial charge in [-0.1, -0.05) is 27.2 Å². The van der Waals surface area contributed by atoms with E-state index in [9.17, 15) is 5.11 Å². The molecular weight excluding hydrogens is 152 g/mol. The maximum absolute atomic E-state index is 9.71. The van der Waals surface area contributed by atoms with Crippen molar-refractivity contribution in [3.8, 4) is 0 Å².